The standard InChI is InChI=1S/C14H19F3N2O2.ClH/c1-9(10(2)18)13(20)19-8-7-11-5-3-4-6-12(11)21-14(15,16)17;/h3-6,9-10H,7-8,18H2,1-2H3,(H,19,20);1H. The van der Waals surface area contributed by atoms with Gasteiger partial charge in [-0.1, -0.05) is 25.1 Å². The molecule has 0 aromatic heterocycles. The van der Waals surface area contributed by atoms with Crippen LogP contribution < -0.4 is 15.8 Å². The largest absolute Gasteiger partial charge is 0.573 e. The highest BCUT2D eigenvalue weighted by Gasteiger charge is 2.31. The number of halogens is 4. The number of carbonyl (C=O) groups is 1. The molecular formula is C14H20ClF3N2O2. The van der Waals surface area contributed by atoms with Gasteiger partial charge in [-0.25, -0.2) is 0 Å². The van der Waals surface area contributed by atoms with Gasteiger partial charge in [0.15, 0.2) is 0 Å². The lowest BCUT2D eigenvalue weighted by atomic mass is 10.0. The molecule has 0 heterocycles. The van der Waals surface area contributed by atoms with Crippen molar-refractivity contribution in [2.45, 2.75) is 32.7 Å². The average molecular weight is 341 g/mol. The number of hydrogen-bond acceptors (Lipinski definition) is 3. The highest BCUT2D eigenvalue weighted by Crippen LogP contribution is 2.26. The lowest BCUT2D eigenvalue weighted by Crippen LogP contribution is -2.39. The Bertz CT molecular complexity index is 481. The second-order valence-corrected chi connectivity index (χ2v) is 4.84. The van der Waals surface area contributed by atoms with E-state index in [0.29, 0.717) is 5.56 Å². The molecule has 0 radical (unpaired) electrons. The van der Waals surface area contributed by atoms with Crippen LogP contribution in [0, 0.1) is 5.92 Å². The molecule has 1 amide bonds. The highest BCUT2D eigenvalue weighted by molar-refractivity contribution is 5.85. The Morgan fingerprint density at radius 2 is 1.91 bits per heavy atom. The lowest BCUT2D eigenvalue weighted by Gasteiger charge is -2.16. The number of para-hydroxylation sites is 1. The minimum Gasteiger partial charge on any atom is -0.406 e. The van der Waals surface area contributed by atoms with Crippen LogP contribution in [0.25, 0.3) is 0 Å². The molecule has 126 valence electrons. The molecule has 0 spiro atoms. The Balaban J connectivity index is 0.00000441. The molecule has 2 atom stereocenters. The third-order valence-electron chi connectivity index (χ3n) is 3.09. The van der Waals surface area contributed by atoms with Gasteiger partial charge in [-0.05, 0) is 25.0 Å². The van der Waals surface area contributed by atoms with Crippen LogP contribution in [-0.2, 0) is 11.2 Å². The van der Waals surface area contributed by atoms with E-state index in [-0.39, 0.29) is 49.0 Å². The summed E-state index contributed by atoms with van der Waals surface area (Å²) in [5.41, 5.74) is 5.99. The number of alkyl halides is 3. The predicted octanol–water partition coefficient (Wildman–Crippen LogP) is 2.65. The van der Waals surface area contributed by atoms with E-state index in [1.807, 2.05) is 0 Å². The van der Waals surface area contributed by atoms with Crippen LogP contribution in [0.2, 0.25) is 0 Å². The second kappa shape index (κ2) is 8.85. The SMILES string of the molecule is CC(N)C(C)C(=O)NCCc1ccccc1OC(F)(F)F.Cl. The lowest BCUT2D eigenvalue weighted by molar-refractivity contribution is -0.274. The zero-order valence-corrected chi connectivity index (χ0v) is 13.1. The molecule has 0 fully saturated rings. The Labute approximate surface area is 133 Å². The van der Waals surface area contributed by atoms with Gasteiger partial charge < -0.3 is 15.8 Å². The van der Waals surface area contributed by atoms with Crippen LogP contribution >= 0.6 is 12.4 Å². The van der Waals surface area contributed by atoms with Gasteiger partial charge in [0.1, 0.15) is 5.75 Å². The van der Waals surface area contributed by atoms with E-state index in [1.54, 1.807) is 19.9 Å². The van der Waals surface area contributed by atoms with Crippen LogP contribution in [0.4, 0.5) is 13.2 Å². The first-order chi connectivity index (χ1) is 9.70. The van der Waals surface area contributed by atoms with Crippen molar-refractivity contribution >= 4 is 18.3 Å². The quantitative estimate of drug-likeness (QED) is 0.836. The highest BCUT2D eigenvalue weighted by atomic mass is 35.5. The maximum atomic E-state index is 12.3. The van der Waals surface area contributed by atoms with E-state index >= 15 is 0 Å². The monoisotopic (exact) mass is 340 g/mol. The van der Waals surface area contributed by atoms with Crippen LogP contribution in [-0.4, -0.2) is 24.9 Å². The molecule has 2 unspecified atom stereocenters. The average Bonchev–Trinajstić information content (AvgIpc) is 2.37. The molecule has 0 aliphatic heterocycles. The fourth-order valence-electron chi connectivity index (χ4n) is 1.65. The molecule has 0 aliphatic carbocycles. The van der Waals surface area contributed by atoms with E-state index in [0.717, 1.165) is 0 Å². The van der Waals surface area contributed by atoms with Crippen molar-refractivity contribution in [3.63, 3.8) is 0 Å². The second-order valence-electron chi connectivity index (χ2n) is 4.84. The van der Waals surface area contributed by atoms with Gasteiger partial charge in [-0.2, -0.15) is 0 Å². The number of amides is 1. The van der Waals surface area contributed by atoms with Crippen molar-refractivity contribution in [1.82, 2.24) is 5.32 Å². The number of ether oxygens (including phenoxy) is 1. The van der Waals surface area contributed by atoms with Crippen molar-refractivity contribution in [3.05, 3.63) is 29.8 Å². The Kier molecular flexibility index (Phi) is 8.26. The van der Waals surface area contributed by atoms with Gasteiger partial charge in [-0.3, -0.25) is 4.79 Å². The Morgan fingerprint density at radius 1 is 1.32 bits per heavy atom. The van der Waals surface area contributed by atoms with E-state index < -0.39 is 6.36 Å². The van der Waals surface area contributed by atoms with Crippen LogP contribution in [0.1, 0.15) is 19.4 Å². The predicted molar refractivity (Wildman–Crippen MR) is 79.9 cm³/mol. The molecule has 0 aliphatic rings. The zero-order chi connectivity index (χ0) is 16.0. The third kappa shape index (κ3) is 7.00. The fraction of sp³-hybridized carbons (Fsp3) is 0.500. The number of nitrogens with two attached hydrogens (primary N) is 1. The van der Waals surface area contributed by atoms with Crippen LogP contribution in [0.5, 0.6) is 5.75 Å². The molecule has 4 nitrogen and oxygen atoms in total. The topological polar surface area (TPSA) is 64.4 Å². The van der Waals surface area contributed by atoms with Gasteiger partial charge >= 0.3 is 6.36 Å². The summed E-state index contributed by atoms with van der Waals surface area (Å²) >= 11 is 0. The summed E-state index contributed by atoms with van der Waals surface area (Å²) < 4.78 is 40.7. The minimum atomic E-state index is -4.73. The summed E-state index contributed by atoms with van der Waals surface area (Å²) in [6.07, 6.45) is -4.49. The smallest absolute Gasteiger partial charge is 0.406 e. The van der Waals surface area contributed by atoms with E-state index in [4.69, 9.17) is 5.73 Å². The summed E-state index contributed by atoms with van der Waals surface area (Å²) in [7, 11) is 0. The first kappa shape index (κ1) is 20.5. The third-order valence-corrected chi connectivity index (χ3v) is 3.09. The Morgan fingerprint density at radius 3 is 2.45 bits per heavy atom. The van der Waals surface area contributed by atoms with E-state index in [9.17, 15) is 18.0 Å². The van der Waals surface area contributed by atoms with Crippen molar-refractivity contribution in [2.24, 2.45) is 11.7 Å². The van der Waals surface area contributed by atoms with Crippen LogP contribution in [0.15, 0.2) is 24.3 Å². The van der Waals surface area contributed by atoms with Crippen LogP contribution in [0.3, 0.4) is 0 Å². The molecule has 0 saturated carbocycles. The Hall–Kier alpha value is -1.47. The van der Waals surface area contributed by atoms with Gasteiger partial charge in [-0.15, -0.1) is 25.6 Å². The number of hydrogen-bond donors (Lipinski definition) is 2. The molecular weight excluding hydrogens is 321 g/mol. The summed E-state index contributed by atoms with van der Waals surface area (Å²) in [6, 6.07) is 5.56. The van der Waals surface area contributed by atoms with Gasteiger partial charge in [0.05, 0.1) is 0 Å². The van der Waals surface area contributed by atoms with Crippen molar-refractivity contribution < 1.29 is 22.7 Å². The van der Waals surface area contributed by atoms with Crippen molar-refractivity contribution in [2.75, 3.05) is 6.54 Å². The fourth-order valence-corrected chi connectivity index (χ4v) is 1.65. The normalized spacial score (nSPS) is 13.7. The molecule has 0 bridgehead atoms. The van der Waals surface area contributed by atoms with Crippen molar-refractivity contribution in [1.29, 1.82) is 0 Å². The van der Waals surface area contributed by atoms with E-state index in [1.165, 1.54) is 18.2 Å². The first-order valence-electron chi connectivity index (χ1n) is 6.57. The minimum absolute atomic E-state index is 0. The van der Waals surface area contributed by atoms with Crippen molar-refractivity contribution in [3.8, 4) is 5.75 Å². The zero-order valence-electron chi connectivity index (χ0n) is 12.3. The maximum Gasteiger partial charge on any atom is 0.573 e. The molecule has 1 aromatic carbocycles. The van der Waals surface area contributed by atoms with Gasteiger partial charge in [0.2, 0.25) is 5.91 Å². The summed E-state index contributed by atoms with van der Waals surface area (Å²) in [4.78, 5) is 11.7. The number of benzene rings is 1. The molecule has 22 heavy (non-hydrogen) atoms. The molecule has 8 heteroatoms. The van der Waals surface area contributed by atoms with E-state index in [2.05, 4.69) is 10.1 Å². The molecule has 0 saturated heterocycles. The number of carbonyl (C=O) groups excluding carboxylic acids is 1. The maximum absolute atomic E-state index is 12.3. The summed E-state index contributed by atoms with van der Waals surface area (Å²) in [6.45, 7) is 3.63. The number of rotatable bonds is 6. The van der Waals surface area contributed by atoms with Gasteiger partial charge in [0.25, 0.3) is 0 Å². The molecule has 1 aromatic rings. The first-order valence-corrected chi connectivity index (χ1v) is 6.57. The summed E-state index contributed by atoms with van der Waals surface area (Å²) in [5, 5.41) is 2.65. The number of nitrogens with one attached hydrogen (secondary N) is 1. The molecule has 1 rings (SSSR count). The molecule has 3 N–H and O–H groups in total. The summed E-state index contributed by atoms with van der Waals surface area (Å²) in [5.74, 6) is -0.828. The van der Waals surface area contributed by atoms with Gasteiger partial charge in [0, 0.05) is 18.5 Å².